The van der Waals surface area contributed by atoms with Gasteiger partial charge in [0.25, 0.3) is 0 Å². The number of hydrogen-bond acceptors (Lipinski definition) is 1. The molecular weight excluding hydrogens is 136 g/mol. The van der Waals surface area contributed by atoms with E-state index >= 15 is 0 Å². The molecule has 2 atom stereocenters. The van der Waals surface area contributed by atoms with Crippen LogP contribution < -0.4 is 0 Å². The summed E-state index contributed by atoms with van der Waals surface area (Å²) in [7, 11) is 0. The van der Waals surface area contributed by atoms with Gasteiger partial charge in [-0.15, -0.1) is 0 Å². The zero-order valence-corrected chi connectivity index (χ0v) is 8.46. The van der Waals surface area contributed by atoms with Crippen LogP contribution in [0.15, 0.2) is 0 Å². The molecule has 0 radical (unpaired) electrons. The zero-order chi connectivity index (χ0) is 9.02. The minimum Gasteiger partial charge on any atom is -0.393 e. The van der Waals surface area contributed by atoms with Gasteiger partial charge in [0.05, 0.1) is 6.10 Å². The highest BCUT2D eigenvalue weighted by atomic mass is 16.3. The van der Waals surface area contributed by atoms with Crippen LogP contribution in [0.5, 0.6) is 0 Å². The van der Waals surface area contributed by atoms with Gasteiger partial charge in [-0.05, 0) is 24.2 Å². The fraction of sp³-hybridized carbons (Fsp3) is 1.00. The maximum absolute atomic E-state index is 9.64. The molecule has 0 amide bonds. The highest BCUT2D eigenvalue weighted by molar-refractivity contribution is 4.68. The van der Waals surface area contributed by atoms with E-state index in [-0.39, 0.29) is 6.10 Å². The van der Waals surface area contributed by atoms with E-state index in [1.807, 2.05) is 0 Å². The summed E-state index contributed by atoms with van der Waals surface area (Å²) >= 11 is 0. The van der Waals surface area contributed by atoms with Gasteiger partial charge in [0.2, 0.25) is 0 Å². The van der Waals surface area contributed by atoms with Crippen LogP contribution in [-0.2, 0) is 0 Å². The van der Waals surface area contributed by atoms with Crippen LogP contribution in [0.1, 0.15) is 41.0 Å². The third kappa shape index (κ3) is 4.41. The Balaban J connectivity index is 3.73. The second-order valence-corrected chi connectivity index (χ2v) is 4.34. The highest BCUT2D eigenvalue weighted by Crippen LogP contribution is 2.19. The van der Waals surface area contributed by atoms with Gasteiger partial charge in [-0.1, -0.05) is 34.6 Å². The molecule has 1 nitrogen and oxygen atoms in total. The fourth-order valence-electron chi connectivity index (χ4n) is 1.54. The molecule has 0 rings (SSSR count). The van der Waals surface area contributed by atoms with Crippen LogP contribution in [0.3, 0.4) is 0 Å². The lowest BCUT2D eigenvalue weighted by Crippen LogP contribution is -2.24. The lowest BCUT2D eigenvalue weighted by molar-refractivity contribution is 0.0628. The van der Waals surface area contributed by atoms with E-state index in [1.165, 1.54) is 0 Å². The Labute approximate surface area is 70.8 Å². The van der Waals surface area contributed by atoms with Gasteiger partial charge in [-0.3, -0.25) is 0 Å². The summed E-state index contributed by atoms with van der Waals surface area (Å²) in [6.07, 6.45) is 0.997. The molecule has 0 aromatic rings. The monoisotopic (exact) mass is 158 g/mol. The lowest BCUT2D eigenvalue weighted by Gasteiger charge is -2.23. The summed E-state index contributed by atoms with van der Waals surface area (Å²) in [6, 6.07) is 0. The molecule has 0 saturated heterocycles. The van der Waals surface area contributed by atoms with E-state index in [0.717, 1.165) is 6.42 Å². The Hall–Kier alpha value is -0.0400. The summed E-state index contributed by atoms with van der Waals surface area (Å²) in [5.41, 5.74) is 0. The molecule has 0 aliphatic carbocycles. The van der Waals surface area contributed by atoms with Crippen LogP contribution in [-0.4, -0.2) is 11.2 Å². The second kappa shape index (κ2) is 4.76. The van der Waals surface area contributed by atoms with Crippen molar-refractivity contribution in [2.24, 2.45) is 17.8 Å². The molecule has 0 spiro atoms. The lowest BCUT2D eigenvalue weighted by atomic mass is 9.88. The van der Waals surface area contributed by atoms with E-state index in [0.29, 0.717) is 17.8 Å². The van der Waals surface area contributed by atoms with Gasteiger partial charge in [-0.2, -0.15) is 0 Å². The molecule has 68 valence electrons. The largest absolute Gasteiger partial charge is 0.393 e. The summed E-state index contributed by atoms with van der Waals surface area (Å²) in [5, 5.41) is 9.64. The minimum absolute atomic E-state index is 0.127. The third-order valence-corrected chi connectivity index (χ3v) is 2.11. The summed E-state index contributed by atoms with van der Waals surface area (Å²) in [6.45, 7) is 10.7. The minimum atomic E-state index is -0.127. The smallest absolute Gasteiger partial charge is 0.0588 e. The molecule has 0 aromatic carbocycles. The summed E-state index contributed by atoms with van der Waals surface area (Å²) in [4.78, 5) is 0. The number of hydrogen-bond donors (Lipinski definition) is 1. The predicted octanol–water partition coefficient (Wildman–Crippen LogP) is 2.69. The van der Waals surface area contributed by atoms with E-state index in [4.69, 9.17) is 0 Å². The van der Waals surface area contributed by atoms with Crippen LogP contribution in [0, 0.1) is 17.8 Å². The molecule has 1 heteroatoms. The average Bonchev–Trinajstić information content (AvgIpc) is 1.84. The Morgan fingerprint density at radius 3 is 1.73 bits per heavy atom. The third-order valence-electron chi connectivity index (χ3n) is 2.11. The first-order chi connectivity index (χ1) is 4.95. The first-order valence-corrected chi connectivity index (χ1v) is 4.63. The van der Waals surface area contributed by atoms with Gasteiger partial charge < -0.3 is 5.11 Å². The number of aliphatic hydroxyl groups is 1. The molecule has 1 N–H and O–H groups in total. The van der Waals surface area contributed by atoms with Crippen molar-refractivity contribution in [3.8, 4) is 0 Å². The summed E-state index contributed by atoms with van der Waals surface area (Å²) in [5.74, 6) is 1.53. The van der Waals surface area contributed by atoms with Crippen LogP contribution in [0.2, 0.25) is 0 Å². The maximum atomic E-state index is 9.64. The normalized spacial score (nSPS) is 17.5. The van der Waals surface area contributed by atoms with Gasteiger partial charge >= 0.3 is 0 Å². The van der Waals surface area contributed by atoms with Crippen LogP contribution in [0.25, 0.3) is 0 Å². The van der Waals surface area contributed by atoms with Gasteiger partial charge in [0, 0.05) is 0 Å². The van der Waals surface area contributed by atoms with Crippen molar-refractivity contribution in [3.05, 3.63) is 0 Å². The Morgan fingerprint density at radius 1 is 1.00 bits per heavy atom. The van der Waals surface area contributed by atoms with Crippen molar-refractivity contribution in [1.82, 2.24) is 0 Å². The van der Waals surface area contributed by atoms with E-state index < -0.39 is 0 Å². The maximum Gasteiger partial charge on any atom is 0.0588 e. The second-order valence-electron chi connectivity index (χ2n) is 4.34. The molecule has 0 fully saturated rings. The van der Waals surface area contributed by atoms with Crippen molar-refractivity contribution in [1.29, 1.82) is 0 Å². The standard InChI is InChI=1S/C10H22O/c1-7(2)6-9(5)10(11)8(3)4/h7-11H,6H2,1-5H3/t9?,10-/m0/s1. The van der Waals surface area contributed by atoms with E-state index in [9.17, 15) is 5.11 Å². The fourth-order valence-corrected chi connectivity index (χ4v) is 1.54. The highest BCUT2D eigenvalue weighted by Gasteiger charge is 2.18. The molecule has 0 bridgehead atoms. The molecule has 0 aliphatic heterocycles. The number of aliphatic hydroxyl groups excluding tert-OH is 1. The van der Waals surface area contributed by atoms with Gasteiger partial charge in [0.15, 0.2) is 0 Å². The van der Waals surface area contributed by atoms with Crippen molar-refractivity contribution < 1.29 is 5.11 Å². The molecule has 0 saturated carbocycles. The van der Waals surface area contributed by atoms with Crippen LogP contribution in [0.4, 0.5) is 0 Å². The van der Waals surface area contributed by atoms with Crippen molar-refractivity contribution >= 4 is 0 Å². The Kier molecular flexibility index (Phi) is 4.74. The van der Waals surface area contributed by atoms with Crippen molar-refractivity contribution in [2.45, 2.75) is 47.1 Å². The first-order valence-electron chi connectivity index (χ1n) is 4.63. The predicted molar refractivity (Wildman–Crippen MR) is 49.5 cm³/mol. The average molecular weight is 158 g/mol. The molecular formula is C10H22O. The van der Waals surface area contributed by atoms with Gasteiger partial charge in [-0.25, -0.2) is 0 Å². The quantitative estimate of drug-likeness (QED) is 0.667. The Bertz CT molecular complexity index is 97.0. The SMILES string of the molecule is CC(C)CC(C)[C@@H](O)C(C)C. The van der Waals surface area contributed by atoms with E-state index in [2.05, 4.69) is 34.6 Å². The van der Waals surface area contributed by atoms with E-state index in [1.54, 1.807) is 0 Å². The van der Waals surface area contributed by atoms with Crippen molar-refractivity contribution in [2.75, 3.05) is 0 Å². The van der Waals surface area contributed by atoms with Crippen molar-refractivity contribution in [3.63, 3.8) is 0 Å². The topological polar surface area (TPSA) is 20.2 Å². The zero-order valence-electron chi connectivity index (χ0n) is 8.46. The number of rotatable bonds is 4. The molecule has 11 heavy (non-hydrogen) atoms. The Morgan fingerprint density at radius 2 is 1.45 bits per heavy atom. The van der Waals surface area contributed by atoms with Crippen LogP contribution >= 0.6 is 0 Å². The molecule has 0 aromatic heterocycles. The van der Waals surface area contributed by atoms with Gasteiger partial charge in [0.1, 0.15) is 0 Å². The first kappa shape index (κ1) is 11.0. The summed E-state index contributed by atoms with van der Waals surface area (Å²) < 4.78 is 0. The molecule has 1 unspecified atom stereocenters. The molecule has 0 aliphatic rings. The molecule has 0 heterocycles.